The Morgan fingerprint density at radius 1 is 1.32 bits per heavy atom. The van der Waals surface area contributed by atoms with Gasteiger partial charge in [0.05, 0.1) is 30.9 Å². The first-order valence-corrected chi connectivity index (χ1v) is 10.5. The van der Waals surface area contributed by atoms with E-state index in [1.807, 2.05) is 40.9 Å². The van der Waals surface area contributed by atoms with Gasteiger partial charge in [0.25, 0.3) is 0 Å². The molecule has 2 amide bonds. The third-order valence-electron chi connectivity index (χ3n) is 5.37. The van der Waals surface area contributed by atoms with Crippen LogP contribution < -0.4 is 5.32 Å². The average Bonchev–Trinajstić information content (AvgIpc) is 3.22. The molecule has 0 aliphatic carbocycles. The first-order chi connectivity index (χ1) is 15.0. The van der Waals surface area contributed by atoms with E-state index in [-0.39, 0.29) is 0 Å². The topological polar surface area (TPSA) is 89.4 Å². The molecule has 4 rings (SSSR count). The minimum atomic E-state index is -0.528. The van der Waals surface area contributed by atoms with Gasteiger partial charge in [0.1, 0.15) is 5.65 Å². The number of rotatable bonds is 4. The van der Waals surface area contributed by atoms with Gasteiger partial charge in [-0.25, -0.2) is 9.78 Å². The summed E-state index contributed by atoms with van der Waals surface area (Å²) < 4.78 is 6.49. The summed E-state index contributed by atoms with van der Waals surface area (Å²) in [4.78, 5) is 32.1. The number of likely N-dealkylation sites (tertiary alicyclic amines) is 1. The van der Waals surface area contributed by atoms with Crippen LogP contribution in [0.2, 0.25) is 0 Å². The second kappa shape index (κ2) is 10.6. The van der Waals surface area contributed by atoms with Crippen molar-refractivity contribution in [3.8, 4) is 5.69 Å². The summed E-state index contributed by atoms with van der Waals surface area (Å²) in [6.07, 6.45) is 11.2. The van der Waals surface area contributed by atoms with Gasteiger partial charge in [0.2, 0.25) is 6.41 Å². The minimum Gasteiger partial charge on any atom is -0.453 e. The third kappa shape index (κ3) is 5.81. The van der Waals surface area contributed by atoms with Crippen LogP contribution in [0.5, 0.6) is 0 Å². The molecule has 0 spiro atoms. The molecule has 1 N–H and O–H groups in total. The molecular weight excluding hydrogens is 394 g/mol. The Labute approximate surface area is 182 Å². The zero-order valence-electron chi connectivity index (χ0n) is 18.2. The summed E-state index contributed by atoms with van der Waals surface area (Å²) in [6, 6.07) is 5.88. The number of nitrogens with one attached hydrogen (secondary N) is 1. The Kier molecular flexibility index (Phi) is 7.59. The molecule has 1 saturated heterocycles. The number of fused-ring (bicyclic) bond motifs is 1. The molecule has 3 aromatic rings. The average molecular weight is 424 g/mol. The fourth-order valence-corrected chi connectivity index (χ4v) is 3.67. The van der Waals surface area contributed by atoms with Crippen molar-refractivity contribution < 1.29 is 14.3 Å². The molecule has 0 aromatic carbocycles. The lowest BCUT2D eigenvalue weighted by molar-refractivity contribution is -0.119. The second-order valence-corrected chi connectivity index (χ2v) is 7.68. The van der Waals surface area contributed by atoms with Crippen molar-refractivity contribution in [3.63, 3.8) is 0 Å². The van der Waals surface area contributed by atoms with Crippen molar-refractivity contribution in [2.75, 3.05) is 25.5 Å². The van der Waals surface area contributed by atoms with Gasteiger partial charge in [-0.05, 0) is 49.4 Å². The lowest BCUT2D eigenvalue weighted by Gasteiger charge is -2.28. The maximum atomic E-state index is 11.2. The fraction of sp³-hybridized carbons (Fsp3) is 0.391. The number of hydrogen-bond donors (Lipinski definition) is 1. The highest BCUT2D eigenvalue weighted by atomic mass is 16.5. The summed E-state index contributed by atoms with van der Waals surface area (Å²) in [5.74, 6) is 0.763. The van der Waals surface area contributed by atoms with Crippen molar-refractivity contribution in [3.05, 3.63) is 48.5 Å². The molecule has 8 heteroatoms. The van der Waals surface area contributed by atoms with Crippen LogP contribution in [0.4, 0.5) is 10.5 Å². The maximum Gasteiger partial charge on any atom is 0.411 e. The Balaban J connectivity index is 0.000000229. The highest BCUT2D eigenvalue weighted by Crippen LogP contribution is 2.21. The summed E-state index contributed by atoms with van der Waals surface area (Å²) >= 11 is 0. The maximum absolute atomic E-state index is 11.2. The van der Waals surface area contributed by atoms with Gasteiger partial charge in [-0.1, -0.05) is 13.3 Å². The van der Waals surface area contributed by atoms with Gasteiger partial charge in [-0.2, -0.15) is 0 Å². The van der Waals surface area contributed by atoms with Crippen LogP contribution in [0, 0.1) is 12.8 Å². The Bertz CT molecular complexity index is 1030. The molecule has 0 bridgehead atoms. The highest BCUT2D eigenvalue weighted by Gasteiger charge is 2.16. The van der Waals surface area contributed by atoms with E-state index in [2.05, 4.69) is 33.0 Å². The van der Waals surface area contributed by atoms with Gasteiger partial charge in [-0.15, -0.1) is 0 Å². The number of aryl methyl sites for hydroxylation is 1. The lowest BCUT2D eigenvalue weighted by Crippen LogP contribution is -2.33. The van der Waals surface area contributed by atoms with Crippen molar-refractivity contribution in [1.82, 2.24) is 19.4 Å². The molecule has 4 heterocycles. The molecule has 1 fully saturated rings. The summed E-state index contributed by atoms with van der Waals surface area (Å²) in [5, 5.41) is 3.65. The Hall–Kier alpha value is -3.42. The van der Waals surface area contributed by atoms with E-state index < -0.39 is 6.09 Å². The van der Waals surface area contributed by atoms with E-state index in [1.165, 1.54) is 26.4 Å². The summed E-state index contributed by atoms with van der Waals surface area (Å²) in [7, 11) is 1.32. The van der Waals surface area contributed by atoms with Crippen LogP contribution in [0.25, 0.3) is 16.7 Å². The largest absolute Gasteiger partial charge is 0.453 e. The van der Waals surface area contributed by atoms with E-state index >= 15 is 0 Å². The number of amides is 2. The number of ether oxygens (including phenoxy) is 1. The predicted molar refractivity (Wildman–Crippen MR) is 120 cm³/mol. The molecule has 164 valence electrons. The fourth-order valence-electron chi connectivity index (χ4n) is 3.67. The number of anilines is 1. The number of nitrogens with zero attached hydrogens (tertiary/aromatic N) is 4. The lowest BCUT2D eigenvalue weighted by atomic mass is 9.96. The van der Waals surface area contributed by atoms with E-state index in [0.29, 0.717) is 5.69 Å². The normalized spacial score (nSPS) is 15.7. The number of pyridine rings is 2. The van der Waals surface area contributed by atoms with Crippen LogP contribution in [-0.2, 0) is 9.53 Å². The van der Waals surface area contributed by atoms with E-state index in [1.54, 1.807) is 12.4 Å². The molecule has 0 saturated carbocycles. The molecule has 8 nitrogen and oxygen atoms in total. The molecule has 1 unspecified atom stereocenters. The van der Waals surface area contributed by atoms with Crippen LogP contribution >= 0.6 is 0 Å². The first-order valence-electron chi connectivity index (χ1n) is 10.5. The van der Waals surface area contributed by atoms with Crippen LogP contribution in [0.15, 0.2) is 43.0 Å². The Morgan fingerprint density at radius 3 is 2.90 bits per heavy atom. The molecule has 31 heavy (non-hydrogen) atoms. The zero-order chi connectivity index (χ0) is 22.2. The van der Waals surface area contributed by atoms with E-state index in [0.717, 1.165) is 47.7 Å². The van der Waals surface area contributed by atoms with E-state index in [4.69, 9.17) is 0 Å². The molecular formula is C23H29N5O3. The standard InChI is InChI=1S/C15H14N4O2.C8H15NO/c1-10-5-11-3-4-19(14(11)17-7-10)13-6-12(8-16-9-13)18-15(20)21-2;1-2-8-4-3-5-9(6-8)7-10/h3-9H,1-2H3,(H,18,20);7-8H,2-6H2,1H3. The predicted octanol–water partition coefficient (Wildman–Crippen LogP) is 4.17. The highest BCUT2D eigenvalue weighted by molar-refractivity contribution is 5.85. The van der Waals surface area contributed by atoms with Gasteiger partial charge in [0.15, 0.2) is 0 Å². The smallest absolute Gasteiger partial charge is 0.411 e. The molecule has 1 atom stereocenters. The van der Waals surface area contributed by atoms with Gasteiger partial charge in [-0.3, -0.25) is 19.7 Å². The minimum absolute atomic E-state index is 0.528. The number of hydrogen-bond acceptors (Lipinski definition) is 5. The zero-order valence-corrected chi connectivity index (χ0v) is 18.2. The number of aromatic nitrogens is 3. The molecule has 1 aliphatic rings. The molecule has 1 aliphatic heterocycles. The number of methoxy groups -OCH3 is 1. The van der Waals surface area contributed by atoms with Crippen molar-refractivity contribution in [1.29, 1.82) is 0 Å². The Morgan fingerprint density at radius 2 is 2.16 bits per heavy atom. The summed E-state index contributed by atoms with van der Waals surface area (Å²) in [6.45, 7) is 6.16. The number of carbonyl (C=O) groups excluding carboxylic acids is 2. The first kappa shape index (κ1) is 22.3. The molecule has 3 aromatic heterocycles. The van der Waals surface area contributed by atoms with Gasteiger partial charge in [0, 0.05) is 30.9 Å². The number of piperidine rings is 1. The van der Waals surface area contributed by atoms with Crippen LogP contribution in [-0.4, -0.2) is 52.1 Å². The summed E-state index contributed by atoms with van der Waals surface area (Å²) in [5.41, 5.74) is 3.33. The van der Waals surface area contributed by atoms with Gasteiger partial charge >= 0.3 is 6.09 Å². The van der Waals surface area contributed by atoms with Crippen molar-refractivity contribution in [2.24, 2.45) is 5.92 Å². The van der Waals surface area contributed by atoms with Gasteiger partial charge < -0.3 is 9.64 Å². The number of carbonyl (C=O) groups is 2. The van der Waals surface area contributed by atoms with E-state index in [9.17, 15) is 9.59 Å². The van der Waals surface area contributed by atoms with Crippen LogP contribution in [0.1, 0.15) is 31.7 Å². The second-order valence-electron chi connectivity index (χ2n) is 7.68. The third-order valence-corrected chi connectivity index (χ3v) is 5.37. The SMILES string of the molecule is CCC1CCCN(C=O)C1.COC(=O)Nc1cncc(-n2ccc3cc(C)cnc32)c1. The van der Waals surface area contributed by atoms with Crippen molar-refractivity contribution >= 4 is 29.2 Å². The molecule has 0 radical (unpaired) electrons. The van der Waals surface area contributed by atoms with Crippen LogP contribution in [0.3, 0.4) is 0 Å². The monoisotopic (exact) mass is 423 g/mol. The van der Waals surface area contributed by atoms with Crippen molar-refractivity contribution in [2.45, 2.75) is 33.1 Å². The quantitative estimate of drug-likeness (QED) is 0.636.